The van der Waals surface area contributed by atoms with Crippen molar-refractivity contribution >= 4 is 25.5 Å². The lowest BCUT2D eigenvalue weighted by atomic mass is 9.82. The van der Waals surface area contributed by atoms with Crippen LogP contribution in [0.2, 0.25) is 0 Å². The van der Waals surface area contributed by atoms with E-state index in [1.807, 2.05) is 6.92 Å². The smallest absolute Gasteiger partial charge is 0.462 e. The number of fused-ring (bicyclic) bond motifs is 4. The summed E-state index contributed by atoms with van der Waals surface area (Å²) in [5, 5.41) is 78.5. The first-order valence-corrected chi connectivity index (χ1v) is 26.3. The molecule has 2 aliphatic rings. The molecule has 8 N–H and O–H groups in total. The molecule has 2 bridgehead atoms. The number of carbonyl (C=O) groups is 3. The first kappa shape index (κ1) is 61.0. The molecule has 388 valence electrons. The van der Waals surface area contributed by atoms with E-state index in [0.717, 1.165) is 70.3 Å². The van der Waals surface area contributed by atoms with Gasteiger partial charge in [-0.05, 0) is 70.6 Å². The predicted molar refractivity (Wildman–Crippen MR) is 259 cm³/mol. The minimum Gasteiger partial charge on any atom is -0.462 e. The molecule has 68 heavy (non-hydrogen) atoms. The van der Waals surface area contributed by atoms with Gasteiger partial charge in [0.25, 0.3) is 0 Å². The second kappa shape index (κ2) is 35.9. The molecule has 12 atom stereocenters. The van der Waals surface area contributed by atoms with E-state index < -0.39 is 112 Å². The number of esters is 2. The number of unbranched alkanes of at least 4 members (excludes halogenated alkanes) is 5. The molecule has 1 saturated heterocycles. The third-order valence-corrected chi connectivity index (χ3v) is 12.9. The van der Waals surface area contributed by atoms with Crippen LogP contribution >= 0.6 is 7.82 Å². The zero-order valence-electron chi connectivity index (χ0n) is 40.3. The Bertz CT molecular complexity index is 1640. The first-order chi connectivity index (χ1) is 32.6. The molecule has 0 amide bonds. The second-order valence-electron chi connectivity index (χ2n) is 17.7. The quantitative estimate of drug-likeness (QED) is 0.0225. The number of hydrogen-bond acceptors (Lipinski definition) is 15. The fourth-order valence-corrected chi connectivity index (χ4v) is 8.86. The molecule has 1 aliphatic heterocycles. The summed E-state index contributed by atoms with van der Waals surface area (Å²) in [7, 11) is -5.46. The van der Waals surface area contributed by atoms with Gasteiger partial charge in [0, 0.05) is 25.2 Å². The molecule has 1 unspecified atom stereocenters. The maximum absolute atomic E-state index is 13.7. The van der Waals surface area contributed by atoms with Crippen molar-refractivity contribution in [2.75, 3.05) is 13.2 Å². The van der Waals surface area contributed by atoms with Crippen LogP contribution in [0.15, 0.2) is 72.9 Å². The largest absolute Gasteiger partial charge is 0.472 e. The van der Waals surface area contributed by atoms with E-state index in [-0.39, 0.29) is 19.3 Å². The number of phosphoric acid groups is 1. The number of carbonyl (C=O) groups excluding carboxylic acids is 3. The molecule has 0 aromatic carbocycles. The third-order valence-electron chi connectivity index (χ3n) is 11.9. The number of ketones is 1. The maximum atomic E-state index is 13.7. The molecular formula is C51H83O16P. The van der Waals surface area contributed by atoms with Crippen LogP contribution in [0.4, 0.5) is 0 Å². The van der Waals surface area contributed by atoms with Gasteiger partial charge in [-0.2, -0.15) is 0 Å². The number of hydrogen-bond donors (Lipinski definition) is 8. The molecule has 2 rings (SSSR count). The third kappa shape index (κ3) is 25.7. The van der Waals surface area contributed by atoms with Crippen LogP contribution in [0.5, 0.6) is 0 Å². The SMILES string of the molecule is CC/C=C\C/C=C\C/C=C\C/C=C\C/C=C\CCCCCC(=O)OC[C@@H]1COP(=O)(O)O[C@H]2[C@H](O)[C@@H](O)[C@H](O)[C@@H](CCCCCCC(=O)O1)[C@@H](O)CC(=O)[C@H](/C=C/[C@@H](O)CCCCC)[C@@H](O)[C@H]2O. The van der Waals surface area contributed by atoms with E-state index in [4.69, 9.17) is 18.5 Å². The number of aliphatic hydroxyl groups is 7. The van der Waals surface area contributed by atoms with Gasteiger partial charge in [-0.15, -0.1) is 0 Å². The van der Waals surface area contributed by atoms with E-state index in [1.54, 1.807) is 0 Å². The molecule has 17 heteroatoms. The lowest BCUT2D eigenvalue weighted by Gasteiger charge is -2.37. The summed E-state index contributed by atoms with van der Waals surface area (Å²) in [5.41, 5.74) is 0. The summed E-state index contributed by atoms with van der Waals surface area (Å²) >= 11 is 0. The second-order valence-corrected chi connectivity index (χ2v) is 19.1. The van der Waals surface area contributed by atoms with Gasteiger partial charge >= 0.3 is 19.8 Å². The Kier molecular flexibility index (Phi) is 32.2. The number of ether oxygens (including phenoxy) is 2. The van der Waals surface area contributed by atoms with E-state index in [2.05, 4.69) is 67.7 Å². The number of allylic oxidation sites excluding steroid dienone is 10. The summed E-state index contributed by atoms with van der Waals surface area (Å²) in [6.45, 7) is 2.68. The zero-order valence-corrected chi connectivity index (χ0v) is 41.2. The van der Waals surface area contributed by atoms with Crippen molar-refractivity contribution in [2.45, 2.75) is 204 Å². The Morgan fingerprint density at radius 3 is 2.01 bits per heavy atom. The normalized spacial score (nSPS) is 30.7. The Morgan fingerprint density at radius 1 is 0.750 bits per heavy atom. The van der Waals surface area contributed by atoms with Crippen molar-refractivity contribution in [1.29, 1.82) is 0 Å². The van der Waals surface area contributed by atoms with Crippen molar-refractivity contribution < 1.29 is 78.1 Å². The van der Waals surface area contributed by atoms with Crippen molar-refractivity contribution in [3.8, 4) is 0 Å². The molecule has 1 saturated carbocycles. The predicted octanol–water partition coefficient (Wildman–Crippen LogP) is 6.87. The average Bonchev–Trinajstić information content (AvgIpc) is 3.31. The van der Waals surface area contributed by atoms with Gasteiger partial charge in [0.1, 0.15) is 36.8 Å². The van der Waals surface area contributed by atoms with E-state index in [9.17, 15) is 59.6 Å². The number of cyclic esters (lactones) is 1. The standard InChI is InChI=1S/C51H83O16P/c1-3-5-7-8-9-10-11-12-13-14-15-16-17-18-19-20-21-22-27-31-44(55)64-36-39-37-65-68(62,63)67-51-49(60)47(58)41(34-33-38(52)29-25-6-4-2)43(54)35-42(53)40(46(57)48(59)50(51)61)30-26-23-24-28-32-45(56)66-39/h5,7,9-10,12-13,15-16,18-19,33-34,38-42,46-53,57-61H,3-4,6,8,11,14,17,20-32,35-37H2,1-2H3,(H,62,63)/b7-5-,10-9-,13-12-,16-15-,19-18-,34-33+/t38-,39+,40-,41-,42-,46+,47+,48-,49+,50+,51+/m0/s1. The molecule has 1 heterocycles. The average molecular weight is 983 g/mol. The minimum atomic E-state index is -5.46. The Labute approximate surface area is 404 Å². The zero-order chi connectivity index (χ0) is 50.2. The van der Waals surface area contributed by atoms with Crippen molar-refractivity contribution in [1.82, 2.24) is 0 Å². The van der Waals surface area contributed by atoms with Crippen LogP contribution in [-0.2, 0) is 37.5 Å². The molecule has 0 spiro atoms. The molecular weight excluding hydrogens is 900 g/mol. The lowest BCUT2D eigenvalue weighted by Crippen LogP contribution is -2.55. The van der Waals surface area contributed by atoms with Gasteiger partial charge in [-0.25, -0.2) is 4.57 Å². The summed E-state index contributed by atoms with van der Waals surface area (Å²) in [6, 6.07) is 0. The summed E-state index contributed by atoms with van der Waals surface area (Å²) in [5.74, 6) is -5.02. The van der Waals surface area contributed by atoms with Crippen LogP contribution in [-0.4, -0.2) is 127 Å². The van der Waals surface area contributed by atoms with Gasteiger partial charge < -0.3 is 50.1 Å². The van der Waals surface area contributed by atoms with Crippen molar-refractivity contribution in [2.24, 2.45) is 11.8 Å². The van der Waals surface area contributed by atoms with Gasteiger partial charge in [0.15, 0.2) is 6.10 Å². The highest BCUT2D eigenvalue weighted by atomic mass is 31.2. The number of Topliss-reactive ketones (excluding diaryl/α,β-unsaturated/α-hetero) is 1. The van der Waals surface area contributed by atoms with Crippen molar-refractivity contribution in [3.63, 3.8) is 0 Å². The number of rotatable bonds is 23. The molecule has 16 nitrogen and oxygen atoms in total. The topological polar surface area (TPSA) is 267 Å². The monoisotopic (exact) mass is 983 g/mol. The fraction of sp³-hybridized carbons (Fsp3) is 0.706. The lowest BCUT2D eigenvalue weighted by molar-refractivity contribution is -0.167. The van der Waals surface area contributed by atoms with E-state index in [1.165, 1.54) is 6.08 Å². The summed E-state index contributed by atoms with van der Waals surface area (Å²) < 4.78 is 34.6. The van der Waals surface area contributed by atoms with Gasteiger partial charge in [-0.3, -0.25) is 23.4 Å². The van der Waals surface area contributed by atoms with E-state index in [0.29, 0.717) is 44.9 Å². The van der Waals surface area contributed by atoms with Crippen LogP contribution in [0.1, 0.15) is 149 Å². The van der Waals surface area contributed by atoms with Crippen molar-refractivity contribution in [3.05, 3.63) is 72.9 Å². The van der Waals surface area contributed by atoms with Gasteiger partial charge in [0.2, 0.25) is 0 Å². The molecule has 0 aromatic rings. The van der Waals surface area contributed by atoms with Crippen LogP contribution in [0.25, 0.3) is 0 Å². The number of aliphatic hydroxyl groups excluding tert-OH is 7. The molecule has 1 aliphatic carbocycles. The molecule has 0 radical (unpaired) electrons. The minimum absolute atomic E-state index is 0.0243. The fourth-order valence-electron chi connectivity index (χ4n) is 7.89. The molecule has 0 aromatic heterocycles. The Morgan fingerprint density at radius 2 is 1.37 bits per heavy atom. The first-order valence-electron chi connectivity index (χ1n) is 24.8. The summed E-state index contributed by atoms with van der Waals surface area (Å²) in [4.78, 5) is 50.2. The number of phosphoric ester groups is 1. The molecule has 2 fully saturated rings. The summed E-state index contributed by atoms with van der Waals surface area (Å²) in [6.07, 6.45) is 17.5. The Balaban J connectivity index is 2.08. The highest BCUT2D eigenvalue weighted by Crippen LogP contribution is 2.47. The van der Waals surface area contributed by atoms with Crippen LogP contribution in [0.3, 0.4) is 0 Å². The van der Waals surface area contributed by atoms with Gasteiger partial charge in [0.05, 0.1) is 36.9 Å². The Hall–Kier alpha value is -3.12. The van der Waals surface area contributed by atoms with Crippen LogP contribution < -0.4 is 0 Å². The van der Waals surface area contributed by atoms with Gasteiger partial charge in [-0.1, -0.05) is 132 Å². The maximum Gasteiger partial charge on any atom is 0.472 e. The van der Waals surface area contributed by atoms with E-state index >= 15 is 0 Å². The highest BCUT2D eigenvalue weighted by molar-refractivity contribution is 7.47. The highest BCUT2D eigenvalue weighted by Gasteiger charge is 2.49. The van der Waals surface area contributed by atoms with Crippen LogP contribution in [0, 0.1) is 11.8 Å².